The van der Waals surface area contributed by atoms with Crippen LogP contribution in [-0.4, -0.2) is 25.0 Å². The standard InChI is InChI=1S/C11H22N2O/c1-8(2)12-7-11(14)13-6-9(3)10-4-5-10/h8-10,12H,4-7H2,1-3H3,(H,13,14). The van der Waals surface area contributed by atoms with Crippen molar-refractivity contribution in [3.8, 4) is 0 Å². The molecule has 82 valence electrons. The first-order valence-electron chi connectivity index (χ1n) is 5.59. The summed E-state index contributed by atoms with van der Waals surface area (Å²) in [5.74, 6) is 1.64. The van der Waals surface area contributed by atoms with Crippen LogP contribution in [-0.2, 0) is 4.79 Å². The molecule has 0 spiro atoms. The van der Waals surface area contributed by atoms with Crippen LogP contribution in [0.15, 0.2) is 0 Å². The third-order valence-corrected chi connectivity index (χ3v) is 2.72. The molecule has 1 amide bonds. The van der Waals surface area contributed by atoms with Gasteiger partial charge in [0.05, 0.1) is 6.54 Å². The lowest BCUT2D eigenvalue weighted by atomic mass is 10.1. The van der Waals surface area contributed by atoms with Gasteiger partial charge in [-0.05, 0) is 24.7 Å². The van der Waals surface area contributed by atoms with Gasteiger partial charge in [0, 0.05) is 12.6 Å². The summed E-state index contributed by atoms with van der Waals surface area (Å²) < 4.78 is 0. The van der Waals surface area contributed by atoms with Gasteiger partial charge in [-0.15, -0.1) is 0 Å². The van der Waals surface area contributed by atoms with Gasteiger partial charge in [0.25, 0.3) is 0 Å². The van der Waals surface area contributed by atoms with Crippen LogP contribution in [0.25, 0.3) is 0 Å². The first-order valence-corrected chi connectivity index (χ1v) is 5.59. The molecule has 0 radical (unpaired) electrons. The van der Waals surface area contributed by atoms with Gasteiger partial charge in [0.15, 0.2) is 0 Å². The van der Waals surface area contributed by atoms with Gasteiger partial charge in [-0.2, -0.15) is 0 Å². The minimum atomic E-state index is 0.117. The highest BCUT2D eigenvalue weighted by Crippen LogP contribution is 2.35. The molecule has 1 atom stereocenters. The molecule has 1 aliphatic rings. The summed E-state index contributed by atoms with van der Waals surface area (Å²) in [7, 11) is 0. The molecule has 1 saturated carbocycles. The Hall–Kier alpha value is -0.570. The smallest absolute Gasteiger partial charge is 0.233 e. The number of hydrogen-bond donors (Lipinski definition) is 2. The predicted octanol–water partition coefficient (Wildman–Crippen LogP) is 1.15. The van der Waals surface area contributed by atoms with E-state index in [2.05, 4.69) is 17.6 Å². The monoisotopic (exact) mass is 198 g/mol. The molecule has 2 N–H and O–H groups in total. The first-order chi connectivity index (χ1) is 6.59. The van der Waals surface area contributed by atoms with Crippen molar-refractivity contribution in [2.75, 3.05) is 13.1 Å². The van der Waals surface area contributed by atoms with Gasteiger partial charge in [-0.1, -0.05) is 20.8 Å². The average Bonchev–Trinajstić information content (AvgIpc) is 2.93. The third kappa shape index (κ3) is 4.61. The Morgan fingerprint density at radius 1 is 1.36 bits per heavy atom. The summed E-state index contributed by atoms with van der Waals surface area (Å²) in [6.07, 6.45) is 2.70. The van der Waals surface area contributed by atoms with Crippen molar-refractivity contribution in [3.05, 3.63) is 0 Å². The van der Waals surface area contributed by atoms with Crippen LogP contribution in [0.2, 0.25) is 0 Å². The Morgan fingerprint density at radius 2 is 2.00 bits per heavy atom. The van der Waals surface area contributed by atoms with Crippen LogP contribution in [0.1, 0.15) is 33.6 Å². The summed E-state index contributed by atoms with van der Waals surface area (Å²) in [5.41, 5.74) is 0. The Labute approximate surface area is 86.6 Å². The van der Waals surface area contributed by atoms with E-state index in [-0.39, 0.29) is 5.91 Å². The normalized spacial score (nSPS) is 18.3. The summed E-state index contributed by atoms with van der Waals surface area (Å²) in [6.45, 7) is 7.58. The second-order valence-electron chi connectivity index (χ2n) is 4.65. The number of amides is 1. The van der Waals surface area contributed by atoms with Crippen LogP contribution in [0.3, 0.4) is 0 Å². The fourth-order valence-electron chi connectivity index (χ4n) is 1.47. The highest BCUT2D eigenvalue weighted by Gasteiger charge is 2.27. The Morgan fingerprint density at radius 3 is 2.50 bits per heavy atom. The van der Waals surface area contributed by atoms with E-state index in [4.69, 9.17) is 0 Å². The van der Waals surface area contributed by atoms with Crippen LogP contribution in [0.4, 0.5) is 0 Å². The van der Waals surface area contributed by atoms with Crippen molar-refractivity contribution in [1.82, 2.24) is 10.6 Å². The zero-order valence-electron chi connectivity index (χ0n) is 9.47. The quantitative estimate of drug-likeness (QED) is 0.672. The SMILES string of the molecule is CC(C)NCC(=O)NCC(C)C1CC1. The van der Waals surface area contributed by atoms with E-state index >= 15 is 0 Å². The number of carbonyl (C=O) groups excluding carboxylic acids is 1. The van der Waals surface area contributed by atoms with Crippen LogP contribution in [0.5, 0.6) is 0 Å². The summed E-state index contributed by atoms with van der Waals surface area (Å²) in [4.78, 5) is 11.3. The van der Waals surface area contributed by atoms with E-state index in [0.717, 1.165) is 12.5 Å². The lowest BCUT2D eigenvalue weighted by Crippen LogP contribution is -2.38. The van der Waals surface area contributed by atoms with E-state index in [9.17, 15) is 4.79 Å². The Kier molecular flexibility index (Phi) is 4.39. The second kappa shape index (κ2) is 5.35. The molecule has 1 aliphatic carbocycles. The molecule has 0 aliphatic heterocycles. The third-order valence-electron chi connectivity index (χ3n) is 2.72. The molecule has 1 rings (SSSR count). The molecule has 0 saturated heterocycles. The summed E-state index contributed by atoms with van der Waals surface area (Å²) >= 11 is 0. The molecule has 3 nitrogen and oxygen atoms in total. The van der Waals surface area contributed by atoms with Crippen LogP contribution in [0, 0.1) is 11.8 Å². The van der Waals surface area contributed by atoms with Crippen molar-refractivity contribution in [1.29, 1.82) is 0 Å². The average molecular weight is 198 g/mol. The molecular weight excluding hydrogens is 176 g/mol. The van der Waals surface area contributed by atoms with Gasteiger partial charge in [-0.25, -0.2) is 0 Å². The molecule has 14 heavy (non-hydrogen) atoms. The van der Waals surface area contributed by atoms with Crippen molar-refractivity contribution in [3.63, 3.8) is 0 Å². The van der Waals surface area contributed by atoms with Crippen molar-refractivity contribution >= 4 is 5.91 Å². The van der Waals surface area contributed by atoms with E-state index < -0.39 is 0 Å². The van der Waals surface area contributed by atoms with Crippen molar-refractivity contribution in [2.45, 2.75) is 39.7 Å². The molecule has 0 aromatic heterocycles. The maximum Gasteiger partial charge on any atom is 0.233 e. The molecule has 0 heterocycles. The molecular formula is C11H22N2O. The molecule has 1 fully saturated rings. The van der Waals surface area contributed by atoms with Gasteiger partial charge in [0.1, 0.15) is 0 Å². The van der Waals surface area contributed by atoms with Gasteiger partial charge in [-0.3, -0.25) is 4.79 Å². The maximum atomic E-state index is 11.3. The van der Waals surface area contributed by atoms with E-state index in [1.54, 1.807) is 0 Å². The van der Waals surface area contributed by atoms with E-state index in [1.807, 2.05) is 13.8 Å². The molecule has 0 bridgehead atoms. The summed E-state index contributed by atoms with van der Waals surface area (Å²) in [5, 5.41) is 6.06. The van der Waals surface area contributed by atoms with Crippen LogP contribution < -0.4 is 10.6 Å². The van der Waals surface area contributed by atoms with Crippen molar-refractivity contribution < 1.29 is 4.79 Å². The minimum Gasteiger partial charge on any atom is -0.355 e. The summed E-state index contributed by atoms with van der Waals surface area (Å²) in [6, 6.07) is 0.376. The molecule has 3 heteroatoms. The van der Waals surface area contributed by atoms with Gasteiger partial charge < -0.3 is 10.6 Å². The zero-order chi connectivity index (χ0) is 10.6. The largest absolute Gasteiger partial charge is 0.355 e. The van der Waals surface area contributed by atoms with E-state index in [0.29, 0.717) is 18.5 Å². The number of carbonyl (C=O) groups is 1. The lowest BCUT2D eigenvalue weighted by molar-refractivity contribution is -0.120. The highest BCUT2D eigenvalue weighted by atomic mass is 16.1. The van der Waals surface area contributed by atoms with Gasteiger partial charge in [0.2, 0.25) is 5.91 Å². The highest BCUT2D eigenvalue weighted by molar-refractivity contribution is 5.77. The topological polar surface area (TPSA) is 41.1 Å². The molecule has 0 aromatic carbocycles. The molecule has 0 aromatic rings. The fraction of sp³-hybridized carbons (Fsp3) is 0.909. The van der Waals surface area contributed by atoms with E-state index in [1.165, 1.54) is 12.8 Å². The Bertz CT molecular complexity index is 188. The first kappa shape index (κ1) is 11.5. The van der Waals surface area contributed by atoms with Crippen LogP contribution >= 0.6 is 0 Å². The predicted molar refractivity (Wildman–Crippen MR) is 58.0 cm³/mol. The number of nitrogens with one attached hydrogen (secondary N) is 2. The zero-order valence-corrected chi connectivity index (χ0v) is 9.47. The second-order valence-corrected chi connectivity index (χ2v) is 4.65. The molecule has 1 unspecified atom stereocenters. The fourth-order valence-corrected chi connectivity index (χ4v) is 1.47. The Balaban J connectivity index is 2.02. The van der Waals surface area contributed by atoms with Gasteiger partial charge >= 0.3 is 0 Å². The number of rotatable bonds is 6. The van der Waals surface area contributed by atoms with Crippen molar-refractivity contribution in [2.24, 2.45) is 11.8 Å². The minimum absolute atomic E-state index is 0.117. The lowest BCUT2D eigenvalue weighted by Gasteiger charge is -2.12. The maximum absolute atomic E-state index is 11.3. The number of hydrogen-bond acceptors (Lipinski definition) is 2.